The lowest BCUT2D eigenvalue weighted by Crippen LogP contribution is -2.36. The number of carboxylic acid groups (broad SMARTS) is 1. The molecule has 0 aromatic carbocycles. The summed E-state index contributed by atoms with van der Waals surface area (Å²) in [5, 5.41) is 9.04. The standard InChI is InChI=1S/C12H18O3/c1-3-7-15-11-8-9(4-2)5-6-10(11)12(13)14/h1,9-11H,4-8H2,2H3,(H,13,14). The van der Waals surface area contributed by atoms with E-state index in [1.165, 1.54) is 0 Å². The van der Waals surface area contributed by atoms with Crippen molar-refractivity contribution in [1.82, 2.24) is 0 Å². The van der Waals surface area contributed by atoms with Gasteiger partial charge in [-0.15, -0.1) is 6.42 Å². The summed E-state index contributed by atoms with van der Waals surface area (Å²) in [5.41, 5.74) is 0. The number of hydrogen-bond acceptors (Lipinski definition) is 2. The van der Waals surface area contributed by atoms with Gasteiger partial charge in [0.2, 0.25) is 0 Å². The van der Waals surface area contributed by atoms with Crippen LogP contribution in [0.1, 0.15) is 32.6 Å². The highest BCUT2D eigenvalue weighted by atomic mass is 16.5. The summed E-state index contributed by atoms with van der Waals surface area (Å²) in [6, 6.07) is 0. The van der Waals surface area contributed by atoms with E-state index in [9.17, 15) is 4.79 Å². The monoisotopic (exact) mass is 210 g/mol. The average molecular weight is 210 g/mol. The van der Waals surface area contributed by atoms with Crippen molar-refractivity contribution in [2.75, 3.05) is 6.61 Å². The van der Waals surface area contributed by atoms with Crippen molar-refractivity contribution in [2.24, 2.45) is 11.8 Å². The molecule has 3 atom stereocenters. The third-order valence-electron chi connectivity index (χ3n) is 3.18. The predicted molar refractivity (Wildman–Crippen MR) is 57.3 cm³/mol. The summed E-state index contributed by atoms with van der Waals surface area (Å²) < 4.78 is 5.42. The van der Waals surface area contributed by atoms with E-state index in [1.54, 1.807) is 0 Å². The molecule has 15 heavy (non-hydrogen) atoms. The van der Waals surface area contributed by atoms with Gasteiger partial charge < -0.3 is 9.84 Å². The zero-order chi connectivity index (χ0) is 11.3. The third-order valence-corrected chi connectivity index (χ3v) is 3.18. The molecular formula is C12H18O3. The first-order valence-electron chi connectivity index (χ1n) is 5.46. The minimum absolute atomic E-state index is 0.197. The van der Waals surface area contributed by atoms with E-state index in [4.69, 9.17) is 16.3 Å². The van der Waals surface area contributed by atoms with Crippen molar-refractivity contribution < 1.29 is 14.6 Å². The maximum absolute atomic E-state index is 11.0. The summed E-state index contributed by atoms with van der Waals surface area (Å²) in [4.78, 5) is 11.0. The second-order valence-corrected chi connectivity index (χ2v) is 4.09. The maximum Gasteiger partial charge on any atom is 0.309 e. The molecule has 1 fully saturated rings. The van der Waals surface area contributed by atoms with Gasteiger partial charge in [-0.2, -0.15) is 0 Å². The fourth-order valence-corrected chi connectivity index (χ4v) is 2.20. The first-order valence-corrected chi connectivity index (χ1v) is 5.46. The molecule has 0 amide bonds. The maximum atomic E-state index is 11.0. The molecular weight excluding hydrogens is 192 g/mol. The first-order chi connectivity index (χ1) is 7.19. The number of ether oxygens (including phenoxy) is 1. The van der Waals surface area contributed by atoms with Crippen LogP contribution in [-0.2, 0) is 9.53 Å². The fraction of sp³-hybridized carbons (Fsp3) is 0.750. The van der Waals surface area contributed by atoms with E-state index < -0.39 is 5.97 Å². The SMILES string of the molecule is C#CCOC1CC(CC)CCC1C(=O)O. The predicted octanol–water partition coefficient (Wildman–Crippen LogP) is 1.92. The van der Waals surface area contributed by atoms with Crippen LogP contribution in [0.25, 0.3) is 0 Å². The summed E-state index contributed by atoms with van der Waals surface area (Å²) in [6.07, 6.45) is 8.53. The molecule has 0 radical (unpaired) electrons. The van der Waals surface area contributed by atoms with Crippen molar-refractivity contribution in [3.8, 4) is 12.3 Å². The minimum atomic E-state index is -0.758. The molecule has 0 aliphatic heterocycles. The smallest absolute Gasteiger partial charge is 0.309 e. The van der Waals surface area contributed by atoms with E-state index in [2.05, 4.69) is 12.8 Å². The molecule has 0 bridgehead atoms. The quantitative estimate of drug-likeness (QED) is 0.721. The van der Waals surface area contributed by atoms with Crippen molar-refractivity contribution in [1.29, 1.82) is 0 Å². The van der Waals surface area contributed by atoms with E-state index in [1.807, 2.05) is 0 Å². The largest absolute Gasteiger partial charge is 0.481 e. The Morgan fingerprint density at radius 1 is 1.60 bits per heavy atom. The van der Waals surface area contributed by atoms with Crippen LogP contribution in [0.5, 0.6) is 0 Å². The van der Waals surface area contributed by atoms with Crippen LogP contribution in [0.3, 0.4) is 0 Å². The second kappa shape index (κ2) is 5.77. The van der Waals surface area contributed by atoms with E-state index in [0.717, 1.165) is 19.3 Å². The molecule has 0 aromatic heterocycles. The van der Waals surface area contributed by atoms with Crippen LogP contribution >= 0.6 is 0 Å². The molecule has 84 valence electrons. The van der Waals surface area contributed by atoms with Crippen LogP contribution in [0, 0.1) is 24.2 Å². The van der Waals surface area contributed by atoms with Crippen LogP contribution < -0.4 is 0 Å². The molecule has 1 rings (SSSR count). The van der Waals surface area contributed by atoms with Gasteiger partial charge in [0.05, 0.1) is 12.0 Å². The van der Waals surface area contributed by atoms with Crippen LogP contribution in [-0.4, -0.2) is 23.8 Å². The Labute approximate surface area is 90.8 Å². The Balaban J connectivity index is 2.57. The summed E-state index contributed by atoms with van der Waals surface area (Å²) in [7, 11) is 0. The molecule has 3 unspecified atom stereocenters. The Morgan fingerprint density at radius 3 is 2.87 bits per heavy atom. The fourth-order valence-electron chi connectivity index (χ4n) is 2.20. The molecule has 3 heteroatoms. The summed E-state index contributed by atoms with van der Waals surface area (Å²) in [6.45, 7) is 2.34. The van der Waals surface area contributed by atoms with Gasteiger partial charge in [0, 0.05) is 0 Å². The number of carboxylic acids is 1. The van der Waals surface area contributed by atoms with Gasteiger partial charge in [0.25, 0.3) is 0 Å². The Morgan fingerprint density at radius 2 is 2.33 bits per heavy atom. The van der Waals surface area contributed by atoms with Crippen LogP contribution in [0.2, 0.25) is 0 Å². The van der Waals surface area contributed by atoms with E-state index >= 15 is 0 Å². The molecule has 0 spiro atoms. The molecule has 1 aliphatic rings. The molecule has 0 aromatic rings. The van der Waals surface area contributed by atoms with Gasteiger partial charge >= 0.3 is 5.97 Å². The van der Waals surface area contributed by atoms with Gasteiger partial charge in [0.1, 0.15) is 6.61 Å². The Bertz CT molecular complexity index is 254. The Kier molecular flexibility index (Phi) is 4.64. The number of carbonyl (C=O) groups is 1. The lowest BCUT2D eigenvalue weighted by Gasteiger charge is -2.32. The Hall–Kier alpha value is -1.01. The van der Waals surface area contributed by atoms with Gasteiger partial charge in [0.15, 0.2) is 0 Å². The van der Waals surface area contributed by atoms with Crippen molar-refractivity contribution >= 4 is 5.97 Å². The number of rotatable bonds is 4. The van der Waals surface area contributed by atoms with Crippen molar-refractivity contribution in [3.63, 3.8) is 0 Å². The van der Waals surface area contributed by atoms with Crippen molar-refractivity contribution in [2.45, 2.75) is 38.7 Å². The lowest BCUT2D eigenvalue weighted by molar-refractivity contribution is -0.150. The van der Waals surface area contributed by atoms with E-state index in [0.29, 0.717) is 12.3 Å². The topological polar surface area (TPSA) is 46.5 Å². The first kappa shape index (κ1) is 12.1. The zero-order valence-corrected chi connectivity index (χ0v) is 9.11. The highest BCUT2D eigenvalue weighted by Crippen LogP contribution is 2.32. The minimum Gasteiger partial charge on any atom is -0.481 e. The van der Waals surface area contributed by atoms with Gasteiger partial charge in [-0.3, -0.25) is 4.79 Å². The molecule has 0 saturated heterocycles. The van der Waals surface area contributed by atoms with E-state index in [-0.39, 0.29) is 18.6 Å². The zero-order valence-electron chi connectivity index (χ0n) is 9.11. The van der Waals surface area contributed by atoms with Gasteiger partial charge in [-0.05, 0) is 25.2 Å². The van der Waals surface area contributed by atoms with Crippen LogP contribution in [0.15, 0.2) is 0 Å². The third kappa shape index (κ3) is 3.24. The summed E-state index contributed by atoms with van der Waals surface area (Å²) >= 11 is 0. The second-order valence-electron chi connectivity index (χ2n) is 4.09. The normalized spacial score (nSPS) is 30.8. The number of hydrogen-bond donors (Lipinski definition) is 1. The molecule has 3 nitrogen and oxygen atoms in total. The molecule has 1 aliphatic carbocycles. The van der Waals surface area contributed by atoms with Crippen LogP contribution in [0.4, 0.5) is 0 Å². The van der Waals surface area contributed by atoms with Gasteiger partial charge in [-0.1, -0.05) is 19.3 Å². The lowest BCUT2D eigenvalue weighted by atomic mass is 9.78. The molecule has 1 N–H and O–H groups in total. The average Bonchev–Trinajstić information content (AvgIpc) is 2.25. The highest BCUT2D eigenvalue weighted by molar-refractivity contribution is 5.70. The van der Waals surface area contributed by atoms with Crippen molar-refractivity contribution in [3.05, 3.63) is 0 Å². The molecule has 1 saturated carbocycles. The molecule has 0 heterocycles. The number of terminal acetylenes is 1. The summed E-state index contributed by atoms with van der Waals surface area (Å²) in [5.74, 6) is 1.85. The number of aliphatic carboxylic acids is 1. The van der Waals surface area contributed by atoms with Gasteiger partial charge in [-0.25, -0.2) is 0 Å². The highest BCUT2D eigenvalue weighted by Gasteiger charge is 2.34.